The Hall–Kier alpha value is -0.770. The number of carbonyl (C=O) groups excluding carboxylic acids is 1. The molecule has 0 fully saturated rings. The third-order valence-electron chi connectivity index (χ3n) is 2.29. The number of nitrogens with one attached hydrogen (secondary N) is 1. The number of sulfone groups is 1. The smallest absolute Gasteiger partial charge is 0.341 e. The maximum absolute atomic E-state index is 12.4. The second-order valence-corrected chi connectivity index (χ2v) is 6.47. The van der Waals surface area contributed by atoms with Gasteiger partial charge in [0.05, 0.1) is 4.90 Å². The van der Waals surface area contributed by atoms with Crippen LogP contribution in [0.3, 0.4) is 0 Å². The Bertz CT molecular complexity index is 534. The van der Waals surface area contributed by atoms with Crippen LogP contribution in [0.5, 0.6) is 0 Å². The van der Waals surface area contributed by atoms with Crippen LogP contribution in [0.4, 0.5) is 8.78 Å². The standard InChI is InChI=1S/C10H14F2N2O3S2.ClH/c11-10(12)19(16,17)7-3-6-18-8(7)9(15)14-5-2-1-4-13;/h3,6,10H,1-2,4-5,13H2,(H,14,15);1H. The lowest BCUT2D eigenvalue weighted by molar-refractivity contribution is 0.0954. The molecule has 0 saturated heterocycles. The molecule has 0 spiro atoms. The van der Waals surface area contributed by atoms with Crippen LogP contribution in [0.2, 0.25) is 0 Å². The minimum Gasteiger partial charge on any atom is -0.351 e. The fourth-order valence-electron chi connectivity index (χ4n) is 1.33. The van der Waals surface area contributed by atoms with Crippen LogP contribution in [0.25, 0.3) is 0 Å². The fraction of sp³-hybridized carbons (Fsp3) is 0.500. The summed E-state index contributed by atoms with van der Waals surface area (Å²) in [5, 5.41) is 3.77. The summed E-state index contributed by atoms with van der Waals surface area (Å²) in [5.74, 6) is -4.20. The summed E-state index contributed by atoms with van der Waals surface area (Å²) >= 11 is 0.816. The highest BCUT2D eigenvalue weighted by Gasteiger charge is 2.31. The van der Waals surface area contributed by atoms with Crippen LogP contribution in [-0.2, 0) is 9.84 Å². The molecule has 0 aliphatic heterocycles. The predicted octanol–water partition coefficient (Wildman–Crippen LogP) is 1.63. The van der Waals surface area contributed by atoms with E-state index in [-0.39, 0.29) is 17.3 Å². The average molecular weight is 349 g/mol. The van der Waals surface area contributed by atoms with Crippen LogP contribution in [0, 0.1) is 0 Å². The van der Waals surface area contributed by atoms with Gasteiger partial charge in [0.15, 0.2) is 0 Å². The van der Waals surface area contributed by atoms with E-state index in [0.29, 0.717) is 25.9 Å². The largest absolute Gasteiger partial charge is 0.351 e. The molecular weight excluding hydrogens is 334 g/mol. The maximum Gasteiger partial charge on any atom is 0.341 e. The number of halogens is 3. The summed E-state index contributed by atoms with van der Waals surface area (Å²) in [6, 6.07) is 1.01. The molecule has 1 amide bonds. The molecule has 1 heterocycles. The fourth-order valence-corrected chi connectivity index (χ4v) is 3.42. The second-order valence-electron chi connectivity index (χ2n) is 3.67. The topological polar surface area (TPSA) is 89.3 Å². The first-order chi connectivity index (χ1) is 8.91. The Morgan fingerprint density at radius 2 is 2.05 bits per heavy atom. The monoisotopic (exact) mass is 348 g/mol. The number of rotatable bonds is 7. The van der Waals surface area contributed by atoms with Gasteiger partial charge < -0.3 is 11.1 Å². The third-order valence-corrected chi connectivity index (χ3v) is 4.76. The molecule has 1 rings (SSSR count). The van der Waals surface area contributed by atoms with Crippen LogP contribution < -0.4 is 11.1 Å². The number of unbranched alkanes of at least 4 members (excludes halogenated alkanes) is 1. The van der Waals surface area contributed by atoms with Crippen molar-refractivity contribution in [1.29, 1.82) is 0 Å². The normalized spacial score (nSPS) is 11.2. The summed E-state index contributed by atoms with van der Waals surface area (Å²) in [6.07, 6.45) is 1.36. The van der Waals surface area contributed by atoms with Crippen molar-refractivity contribution in [2.45, 2.75) is 23.5 Å². The number of alkyl halides is 2. The molecule has 1 aromatic rings. The Labute approximate surface area is 125 Å². The van der Waals surface area contributed by atoms with Crippen molar-refractivity contribution in [3.8, 4) is 0 Å². The van der Waals surface area contributed by atoms with Crippen LogP contribution >= 0.6 is 23.7 Å². The maximum atomic E-state index is 12.4. The molecule has 0 aromatic carbocycles. The number of amides is 1. The Balaban J connectivity index is 0.00000361. The number of carbonyl (C=O) groups is 1. The zero-order valence-electron chi connectivity index (χ0n) is 10.3. The molecule has 3 N–H and O–H groups in total. The lowest BCUT2D eigenvalue weighted by Crippen LogP contribution is -2.26. The molecule has 5 nitrogen and oxygen atoms in total. The van der Waals surface area contributed by atoms with Crippen molar-refractivity contribution in [1.82, 2.24) is 5.32 Å². The highest BCUT2D eigenvalue weighted by Crippen LogP contribution is 2.26. The van der Waals surface area contributed by atoms with Crippen molar-refractivity contribution < 1.29 is 22.0 Å². The third kappa shape index (κ3) is 4.65. The molecule has 10 heteroatoms. The SMILES string of the molecule is Cl.NCCCCNC(=O)c1sccc1S(=O)(=O)C(F)F. The average Bonchev–Trinajstić information content (AvgIpc) is 2.84. The molecular formula is C10H15ClF2N2O3S2. The lowest BCUT2D eigenvalue weighted by Gasteiger charge is -2.06. The van der Waals surface area contributed by atoms with Gasteiger partial charge in [0.25, 0.3) is 5.91 Å². The number of thiophene rings is 1. The van der Waals surface area contributed by atoms with Crippen molar-refractivity contribution in [2.75, 3.05) is 13.1 Å². The highest BCUT2D eigenvalue weighted by molar-refractivity contribution is 7.92. The molecule has 0 unspecified atom stereocenters. The van der Waals surface area contributed by atoms with Crippen LogP contribution in [-0.4, -0.2) is 33.2 Å². The molecule has 0 atom stereocenters. The Morgan fingerprint density at radius 3 is 2.60 bits per heavy atom. The number of hydrogen-bond donors (Lipinski definition) is 2. The first-order valence-electron chi connectivity index (χ1n) is 5.49. The van der Waals surface area contributed by atoms with E-state index in [2.05, 4.69) is 5.32 Å². The molecule has 0 aliphatic rings. The Kier molecular flexibility index (Phi) is 8.17. The van der Waals surface area contributed by atoms with E-state index in [0.717, 1.165) is 17.4 Å². The van der Waals surface area contributed by atoms with Crippen molar-refractivity contribution in [2.24, 2.45) is 5.73 Å². The zero-order chi connectivity index (χ0) is 14.5. The van der Waals surface area contributed by atoms with E-state index in [9.17, 15) is 22.0 Å². The van der Waals surface area contributed by atoms with E-state index < -0.39 is 26.4 Å². The van der Waals surface area contributed by atoms with Crippen molar-refractivity contribution in [3.05, 3.63) is 16.3 Å². The van der Waals surface area contributed by atoms with E-state index >= 15 is 0 Å². The van der Waals surface area contributed by atoms with E-state index in [1.54, 1.807) is 0 Å². The zero-order valence-corrected chi connectivity index (χ0v) is 12.8. The van der Waals surface area contributed by atoms with Gasteiger partial charge >= 0.3 is 5.76 Å². The van der Waals surface area contributed by atoms with Gasteiger partial charge in [-0.2, -0.15) is 8.78 Å². The predicted molar refractivity (Wildman–Crippen MR) is 75.4 cm³/mol. The summed E-state index contributed by atoms with van der Waals surface area (Å²) in [4.78, 5) is 10.9. The summed E-state index contributed by atoms with van der Waals surface area (Å²) in [5.41, 5.74) is 5.28. The molecule has 20 heavy (non-hydrogen) atoms. The number of nitrogens with two attached hydrogens (primary N) is 1. The van der Waals surface area contributed by atoms with E-state index in [1.807, 2.05) is 0 Å². The minimum atomic E-state index is -4.75. The second kappa shape index (κ2) is 8.50. The summed E-state index contributed by atoms with van der Waals surface area (Å²) in [7, 11) is -4.75. The van der Waals surface area contributed by atoms with Gasteiger partial charge in [0, 0.05) is 6.54 Å². The molecule has 1 aromatic heterocycles. The molecule has 0 aliphatic carbocycles. The lowest BCUT2D eigenvalue weighted by atomic mass is 10.3. The number of hydrogen-bond acceptors (Lipinski definition) is 5. The van der Waals surface area contributed by atoms with Gasteiger partial charge in [-0.3, -0.25) is 4.79 Å². The van der Waals surface area contributed by atoms with Crippen LogP contribution in [0.15, 0.2) is 16.3 Å². The summed E-state index contributed by atoms with van der Waals surface area (Å²) in [6.45, 7) is 0.808. The van der Waals surface area contributed by atoms with Gasteiger partial charge in [0.1, 0.15) is 4.88 Å². The quantitative estimate of drug-likeness (QED) is 0.733. The van der Waals surface area contributed by atoms with Crippen LogP contribution in [0.1, 0.15) is 22.5 Å². The molecule has 0 radical (unpaired) electrons. The first kappa shape index (κ1) is 19.2. The van der Waals surface area contributed by atoms with E-state index in [4.69, 9.17) is 5.73 Å². The van der Waals surface area contributed by atoms with Gasteiger partial charge in [-0.25, -0.2) is 8.42 Å². The van der Waals surface area contributed by atoms with Crippen molar-refractivity contribution in [3.63, 3.8) is 0 Å². The first-order valence-corrected chi connectivity index (χ1v) is 7.91. The van der Waals surface area contributed by atoms with Gasteiger partial charge in [-0.15, -0.1) is 23.7 Å². The summed E-state index contributed by atoms with van der Waals surface area (Å²) < 4.78 is 47.6. The molecule has 116 valence electrons. The van der Waals surface area contributed by atoms with Gasteiger partial charge in [-0.1, -0.05) is 0 Å². The molecule has 0 saturated carbocycles. The van der Waals surface area contributed by atoms with Crippen molar-refractivity contribution >= 4 is 39.5 Å². The molecule has 0 bridgehead atoms. The highest BCUT2D eigenvalue weighted by atomic mass is 35.5. The minimum absolute atomic E-state index is 0. The Morgan fingerprint density at radius 1 is 1.40 bits per heavy atom. The van der Waals surface area contributed by atoms with Gasteiger partial charge in [-0.05, 0) is 30.8 Å². The van der Waals surface area contributed by atoms with E-state index in [1.165, 1.54) is 5.38 Å². The van der Waals surface area contributed by atoms with Gasteiger partial charge in [0.2, 0.25) is 9.84 Å².